The molecule has 1 unspecified atom stereocenters. The van der Waals surface area contributed by atoms with Crippen molar-refractivity contribution in [3.05, 3.63) is 0 Å². The number of ether oxygens (including phenoxy) is 1. The predicted molar refractivity (Wildman–Crippen MR) is 57.6 cm³/mol. The average molecular weight is 215 g/mol. The van der Waals surface area contributed by atoms with Crippen molar-refractivity contribution in [2.75, 3.05) is 0 Å². The summed E-state index contributed by atoms with van der Waals surface area (Å²) in [6.07, 6.45) is 2.70. The Balaban J connectivity index is 2.31. The summed E-state index contributed by atoms with van der Waals surface area (Å²) in [5, 5.41) is 12.2. The smallest absolute Gasteiger partial charge is 0.407 e. The zero-order valence-corrected chi connectivity index (χ0v) is 9.75. The molecular formula is C11H21NO3. The Bertz CT molecular complexity index is 222. The van der Waals surface area contributed by atoms with E-state index in [2.05, 4.69) is 5.32 Å². The first-order chi connectivity index (χ1) is 6.87. The van der Waals surface area contributed by atoms with Crippen molar-refractivity contribution in [1.82, 2.24) is 5.32 Å². The van der Waals surface area contributed by atoms with Crippen molar-refractivity contribution >= 4 is 6.09 Å². The number of hydrogen-bond acceptors (Lipinski definition) is 3. The maximum absolute atomic E-state index is 11.4. The van der Waals surface area contributed by atoms with E-state index in [1.807, 2.05) is 20.8 Å². The van der Waals surface area contributed by atoms with Crippen LogP contribution in [0.5, 0.6) is 0 Å². The first-order valence-electron chi connectivity index (χ1n) is 5.54. The molecule has 0 bridgehead atoms. The minimum atomic E-state index is -0.461. The molecule has 1 saturated carbocycles. The van der Waals surface area contributed by atoms with E-state index in [0.29, 0.717) is 6.42 Å². The summed E-state index contributed by atoms with van der Waals surface area (Å²) in [5.74, 6) is 0. The number of carbonyl (C=O) groups excluding carboxylic acids is 1. The van der Waals surface area contributed by atoms with Crippen molar-refractivity contribution in [1.29, 1.82) is 0 Å². The van der Waals surface area contributed by atoms with Gasteiger partial charge in [-0.25, -0.2) is 4.79 Å². The number of carbonyl (C=O) groups is 1. The summed E-state index contributed by atoms with van der Waals surface area (Å²) >= 11 is 0. The fraction of sp³-hybridized carbons (Fsp3) is 0.909. The summed E-state index contributed by atoms with van der Waals surface area (Å²) in [5.41, 5.74) is -0.461. The van der Waals surface area contributed by atoms with Gasteiger partial charge < -0.3 is 15.2 Å². The normalized spacial score (nSPS) is 27.2. The van der Waals surface area contributed by atoms with Crippen molar-refractivity contribution in [3.8, 4) is 0 Å². The quantitative estimate of drug-likeness (QED) is 0.701. The summed E-state index contributed by atoms with van der Waals surface area (Å²) in [6, 6.07) is 0.0589. The Kier molecular flexibility index (Phi) is 3.97. The molecule has 2 N–H and O–H groups in total. The number of aliphatic hydroxyl groups is 1. The van der Waals surface area contributed by atoms with E-state index in [-0.39, 0.29) is 18.2 Å². The van der Waals surface area contributed by atoms with E-state index in [9.17, 15) is 9.90 Å². The Labute approximate surface area is 91.0 Å². The van der Waals surface area contributed by atoms with Crippen LogP contribution in [-0.4, -0.2) is 28.9 Å². The second-order valence-corrected chi connectivity index (χ2v) is 5.16. The lowest BCUT2D eigenvalue weighted by molar-refractivity contribution is 0.0451. The van der Waals surface area contributed by atoms with Crippen LogP contribution in [0.4, 0.5) is 4.79 Å². The Morgan fingerprint density at radius 3 is 2.60 bits per heavy atom. The van der Waals surface area contributed by atoms with Crippen molar-refractivity contribution in [2.45, 2.75) is 64.2 Å². The van der Waals surface area contributed by atoms with Crippen molar-refractivity contribution < 1.29 is 14.6 Å². The lowest BCUT2D eigenvalue weighted by Crippen LogP contribution is -2.42. The lowest BCUT2D eigenvalue weighted by atomic mass is 9.93. The summed E-state index contributed by atoms with van der Waals surface area (Å²) in [7, 11) is 0. The summed E-state index contributed by atoms with van der Waals surface area (Å²) < 4.78 is 5.14. The Morgan fingerprint density at radius 2 is 2.07 bits per heavy atom. The standard InChI is InChI=1S/C11H21NO3/c1-11(2,3)15-10(14)12-8-5-4-6-9(13)7-8/h8-9,13H,4-7H2,1-3H3,(H,12,14)/t8?,9-/m1/s1. The van der Waals surface area contributed by atoms with E-state index >= 15 is 0 Å². The lowest BCUT2D eigenvalue weighted by Gasteiger charge is -2.28. The SMILES string of the molecule is CC(C)(C)OC(=O)NC1CCC[C@@H](O)C1. The van der Waals surface area contributed by atoms with Crippen LogP contribution in [0.3, 0.4) is 0 Å². The van der Waals surface area contributed by atoms with Gasteiger partial charge in [0, 0.05) is 6.04 Å². The highest BCUT2D eigenvalue weighted by Gasteiger charge is 2.24. The first kappa shape index (κ1) is 12.3. The van der Waals surface area contributed by atoms with Crippen molar-refractivity contribution in [3.63, 3.8) is 0 Å². The zero-order valence-electron chi connectivity index (χ0n) is 9.75. The van der Waals surface area contributed by atoms with E-state index in [0.717, 1.165) is 19.3 Å². The Morgan fingerprint density at radius 1 is 1.40 bits per heavy atom. The second kappa shape index (κ2) is 4.84. The van der Waals surface area contributed by atoms with Crippen LogP contribution in [0.25, 0.3) is 0 Å². The van der Waals surface area contributed by atoms with Gasteiger partial charge >= 0.3 is 6.09 Å². The molecule has 1 aliphatic carbocycles. The summed E-state index contributed by atoms with van der Waals surface area (Å²) in [4.78, 5) is 11.4. The van der Waals surface area contributed by atoms with E-state index < -0.39 is 5.60 Å². The number of rotatable bonds is 1. The van der Waals surface area contributed by atoms with E-state index in [1.54, 1.807) is 0 Å². The van der Waals surface area contributed by atoms with Gasteiger partial charge in [0.2, 0.25) is 0 Å². The number of aliphatic hydroxyl groups excluding tert-OH is 1. The van der Waals surface area contributed by atoms with Crippen LogP contribution in [0, 0.1) is 0 Å². The molecule has 1 fully saturated rings. The molecule has 0 aromatic carbocycles. The van der Waals surface area contributed by atoms with Crippen LogP contribution >= 0.6 is 0 Å². The van der Waals surface area contributed by atoms with Gasteiger partial charge in [-0.1, -0.05) is 0 Å². The molecule has 4 heteroatoms. The molecule has 0 spiro atoms. The van der Waals surface area contributed by atoms with Gasteiger partial charge in [-0.3, -0.25) is 0 Å². The largest absolute Gasteiger partial charge is 0.444 e. The van der Waals surface area contributed by atoms with Crippen molar-refractivity contribution in [2.24, 2.45) is 0 Å². The Hall–Kier alpha value is -0.770. The molecule has 15 heavy (non-hydrogen) atoms. The molecule has 0 radical (unpaired) electrons. The molecule has 1 aliphatic rings. The topological polar surface area (TPSA) is 58.6 Å². The number of amides is 1. The molecule has 4 nitrogen and oxygen atoms in total. The van der Waals surface area contributed by atoms with Gasteiger partial charge in [0.1, 0.15) is 5.60 Å². The molecule has 0 heterocycles. The average Bonchev–Trinajstić information content (AvgIpc) is 1.99. The third kappa shape index (κ3) is 5.02. The highest BCUT2D eigenvalue weighted by atomic mass is 16.6. The van der Waals surface area contributed by atoms with Gasteiger partial charge in [-0.15, -0.1) is 0 Å². The summed E-state index contributed by atoms with van der Waals surface area (Å²) in [6.45, 7) is 5.51. The molecule has 0 aromatic heterocycles. The van der Waals surface area contributed by atoms with E-state index in [4.69, 9.17) is 4.74 Å². The predicted octanol–water partition coefficient (Wildman–Crippen LogP) is 1.81. The second-order valence-electron chi connectivity index (χ2n) is 5.16. The molecule has 1 amide bonds. The molecule has 0 aliphatic heterocycles. The van der Waals surface area contributed by atoms with Crippen LogP contribution in [0.15, 0.2) is 0 Å². The molecule has 88 valence electrons. The number of nitrogens with one attached hydrogen (secondary N) is 1. The van der Waals surface area contributed by atoms with Gasteiger partial charge in [-0.05, 0) is 46.5 Å². The van der Waals surface area contributed by atoms with Crippen LogP contribution in [0.2, 0.25) is 0 Å². The third-order valence-corrected chi connectivity index (χ3v) is 2.37. The van der Waals surface area contributed by atoms with Gasteiger partial charge in [-0.2, -0.15) is 0 Å². The molecule has 2 atom stereocenters. The van der Waals surface area contributed by atoms with Crippen LogP contribution < -0.4 is 5.32 Å². The number of alkyl carbamates (subject to hydrolysis) is 1. The molecular weight excluding hydrogens is 194 g/mol. The minimum absolute atomic E-state index is 0.0589. The first-order valence-corrected chi connectivity index (χ1v) is 5.54. The highest BCUT2D eigenvalue weighted by Crippen LogP contribution is 2.18. The fourth-order valence-electron chi connectivity index (χ4n) is 1.77. The molecule has 0 saturated heterocycles. The highest BCUT2D eigenvalue weighted by molar-refractivity contribution is 5.68. The third-order valence-electron chi connectivity index (χ3n) is 2.37. The van der Waals surface area contributed by atoms with Gasteiger partial charge in [0.05, 0.1) is 6.10 Å². The molecule has 0 aromatic rings. The van der Waals surface area contributed by atoms with Gasteiger partial charge in [0.15, 0.2) is 0 Å². The van der Waals surface area contributed by atoms with Crippen LogP contribution in [-0.2, 0) is 4.74 Å². The fourth-order valence-corrected chi connectivity index (χ4v) is 1.77. The number of hydrogen-bond donors (Lipinski definition) is 2. The minimum Gasteiger partial charge on any atom is -0.444 e. The monoisotopic (exact) mass is 215 g/mol. The maximum Gasteiger partial charge on any atom is 0.407 e. The van der Waals surface area contributed by atoms with Crippen LogP contribution in [0.1, 0.15) is 46.5 Å². The maximum atomic E-state index is 11.4. The van der Waals surface area contributed by atoms with Gasteiger partial charge in [0.25, 0.3) is 0 Å². The van der Waals surface area contributed by atoms with E-state index in [1.165, 1.54) is 0 Å². The zero-order chi connectivity index (χ0) is 11.5. The molecule has 1 rings (SSSR count).